The molecule has 12 rings (SSSR count). The summed E-state index contributed by atoms with van der Waals surface area (Å²) >= 11 is 3.78. The molecule has 1 nitrogen and oxygen atoms in total. The number of hydrogen-bond donors (Lipinski definition) is 0. The highest BCUT2D eigenvalue weighted by atomic mass is 32.1. The van der Waals surface area contributed by atoms with Gasteiger partial charge in [0.15, 0.2) is 0 Å². The minimum absolute atomic E-state index is 0.124. The number of fused-ring (bicyclic) bond motifs is 13. The lowest BCUT2D eigenvalue weighted by Crippen LogP contribution is -2.15. The Labute approximate surface area is 321 Å². The third kappa shape index (κ3) is 4.20. The van der Waals surface area contributed by atoms with Gasteiger partial charge in [-0.3, -0.25) is 0 Å². The Bertz CT molecular complexity index is 3350. The van der Waals surface area contributed by atoms with Gasteiger partial charge in [-0.1, -0.05) is 105 Å². The Balaban J connectivity index is 1.04. The monoisotopic (exact) mass is 723 g/mol. The van der Waals surface area contributed by atoms with Crippen molar-refractivity contribution in [3.05, 3.63) is 175 Å². The molecule has 1 aliphatic carbocycles. The van der Waals surface area contributed by atoms with E-state index >= 15 is 0 Å². The molecule has 0 saturated heterocycles. The van der Waals surface area contributed by atoms with Crippen LogP contribution >= 0.6 is 22.7 Å². The third-order valence-corrected chi connectivity index (χ3v) is 14.3. The van der Waals surface area contributed by atoms with Gasteiger partial charge in [-0.2, -0.15) is 0 Å². The number of hydrogen-bond acceptors (Lipinski definition) is 2. The maximum atomic E-state index is 2.47. The molecule has 3 heteroatoms. The molecule has 3 aromatic heterocycles. The molecule has 0 radical (unpaired) electrons. The van der Waals surface area contributed by atoms with Gasteiger partial charge >= 0.3 is 0 Å². The number of thiophene rings is 2. The fraction of sp³-hybridized carbons (Fsp3) is 0.0588. The van der Waals surface area contributed by atoms with Gasteiger partial charge in [-0.05, 0) is 117 Å². The molecular formula is C51H33NS2. The first-order chi connectivity index (χ1) is 26.5. The Kier molecular flexibility index (Phi) is 6.22. The van der Waals surface area contributed by atoms with Crippen LogP contribution in [-0.4, -0.2) is 4.57 Å². The lowest BCUT2D eigenvalue weighted by Gasteiger charge is -2.23. The van der Waals surface area contributed by atoms with Gasteiger partial charge in [0.05, 0.1) is 11.0 Å². The van der Waals surface area contributed by atoms with Crippen LogP contribution in [0.4, 0.5) is 0 Å². The number of benzene rings is 8. The molecule has 0 aliphatic heterocycles. The summed E-state index contributed by atoms with van der Waals surface area (Å²) in [5.41, 5.74) is 14.1. The van der Waals surface area contributed by atoms with E-state index in [1.807, 2.05) is 22.7 Å². The van der Waals surface area contributed by atoms with E-state index in [4.69, 9.17) is 0 Å². The van der Waals surface area contributed by atoms with Crippen molar-refractivity contribution in [1.29, 1.82) is 0 Å². The quantitative estimate of drug-likeness (QED) is 0.171. The summed E-state index contributed by atoms with van der Waals surface area (Å²) in [6, 6.07) is 61.4. The van der Waals surface area contributed by atoms with Crippen LogP contribution in [0.1, 0.15) is 25.0 Å². The van der Waals surface area contributed by atoms with E-state index in [9.17, 15) is 0 Å². The normalized spacial score (nSPS) is 13.5. The topological polar surface area (TPSA) is 4.93 Å². The number of aromatic nitrogens is 1. The Hall–Kier alpha value is -6.00. The van der Waals surface area contributed by atoms with Crippen molar-refractivity contribution in [2.75, 3.05) is 0 Å². The van der Waals surface area contributed by atoms with Gasteiger partial charge in [-0.25, -0.2) is 0 Å². The van der Waals surface area contributed by atoms with Gasteiger partial charge in [0, 0.05) is 62.2 Å². The van der Waals surface area contributed by atoms with Crippen molar-refractivity contribution in [2.45, 2.75) is 19.3 Å². The highest BCUT2D eigenvalue weighted by Gasteiger charge is 2.38. The molecule has 254 valence electrons. The Morgan fingerprint density at radius 2 is 0.926 bits per heavy atom. The highest BCUT2D eigenvalue weighted by molar-refractivity contribution is 7.26. The van der Waals surface area contributed by atoms with Crippen molar-refractivity contribution in [3.8, 4) is 39.1 Å². The lowest BCUT2D eigenvalue weighted by atomic mass is 9.80. The summed E-state index contributed by atoms with van der Waals surface area (Å²) in [6.07, 6.45) is 0. The predicted octanol–water partition coefficient (Wildman–Crippen LogP) is 15.2. The highest BCUT2D eigenvalue weighted by Crippen LogP contribution is 2.54. The smallest absolute Gasteiger partial charge is 0.0541 e. The molecule has 11 aromatic rings. The molecule has 0 saturated carbocycles. The second kappa shape index (κ2) is 11.0. The minimum atomic E-state index is -0.124. The third-order valence-electron chi connectivity index (χ3n) is 12.0. The van der Waals surface area contributed by atoms with E-state index in [1.54, 1.807) is 0 Å². The molecule has 3 heterocycles. The zero-order chi connectivity index (χ0) is 35.7. The average molecular weight is 724 g/mol. The fourth-order valence-corrected chi connectivity index (χ4v) is 11.6. The van der Waals surface area contributed by atoms with Crippen LogP contribution in [0.5, 0.6) is 0 Å². The van der Waals surface area contributed by atoms with Crippen LogP contribution in [0.2, 0.25) is 0 Å². The maximum Gasteiger partial charge on any atom is 0.0541 e. The van der Waals surface area contributed by atoms with Crippen LogP contribution < -0.4 is 0 Å². The van der Waals surface area contributed by atoms with Crippen LogP contribution in [0.25, 0.3) is 101 Å². The Morgan fingerprint density at radius 1 is 0.407 bits per heavy atom. The molecule has 0 unspecified atom stereocenters. The first-order valence-corrected chi connectivity index (χ1v) is 20.3. The molecule has 0 spiro atoms. The largest absolute Gasteiger partial charge is 0.309 e. The summed E-state index contributed by atoms with van der Waals surface area (Å²) in [5.74, 6) is 0. The predicted molar refractivity (Wildman–Crippen MR) is 235 cm³/mol. The molecule has 54 heavy (non-hydrogen) atoms. The van der Waals surface area contributed by atoms with Gasteiger partial charge in [-0.15, -0.1) is 22.7 Å². The van der Waals surface area contributed by atoms with Crippen LogP contribution in [0, 0.1) is 0 Å². The van der Waals surface area contributed by atoms with Crippen molar-refractivity contribution in [1.82, 2.24) is 4.57 Å². The molecule has 1 aliphatic rings. The second-order valence-electron chi connectivity index (χ2n) is 15.3. The molecule has 0 fully saturated rings. The van der Waals surface area contributed by atoms with E-state index < -0.39 is 0 Å². The maximum absolute atomic E-state index is 2.47. The lowest BCUT2D eigenvalue weighted by molar-refractivity contribution is 0.667. The van der Waals surface area contributed by atoms with Crippen LogP contribution in [0.3, 0.4) is 0 Å². The zero-order valence-electron chi connectivity index (χ0n) is 29.9. The van der Waals surface area contributed by atoms with Crippen LogP contribution in [-0.2, 0) is 5.41 Å². The standard InChI is InChI=1S/C51H33NS2/c1-51(2)42-29-33(16-20-35(42)37-21-25-48-49(50(37)51)38-13-7-9-15-46(38)54-48)31-18-23-44-40(27-31)39-26-30(17-22-43(39)52(44)34-10-4-3-5-11-34)32-19-24-47-41(28-32)36-12-6-8-14-45(36)53-47/h3-29H,1-2H3. The van der Waals surface area contributed by atoms with E-state index in [0.717, 1.165) is 0 Å². The van der Waals surface area contributed by atoms with Gasteiger partial charge in [0.1, 0.15) is 0 Å². The van der Waals surface area contributed by atoms with E-state index in [-0.39, 0.29) is 5.41 Å². The molecule has 0 N–H and O–H groups in total. The van der Waals surface area contributed by atoms with E-state index in [2.05, 4.69) is 182 Å². The molecular weight excluding hydrogens is 691 g/mol. The van der Waals surface area contributed by atoms with E-state index in [1.165, 1.54) is 112 Å². The number of rotatable bonds is 3. The summed E-state index contributed by atoms with van der Waals surface area (Å²) < 4.78 is 7.83. The minimum Gasteiger partial charge on any atom is -0.309 e. The van der Waals surface area contributed by atoms with Crippen molar-refractivity contribution >= 4 is 84.8 Å². The van der Waals surface area contributed by atoms with Crippen LogP contribution in [0.15, 0.2) is 164 Å². The fourth-order valence-electron chi connectivity index (χ4n) is 9.44. The van der Waals surface area contributed by atoms with Crippen molar-refractivity contribution < 1.29 is 0 Å². The van der Waals surface area contributed by atoms with E-state index in [0.29, 0.717) is 0 Å². The molecule has 0 atom stereocenters. The SMILES string of the molecule is CC1(C)c2cc(-c3ccc4c(c3)c3cc(-c5ccc6sc7ccccc7c6c5)ccc3n4-c3ccccc3)ccc2-c2ccc3sc4ccccc4c3c21. The molecule has 0 amide bonds. The van der Waals surface area contributed by atoms with Crippen molar-refractivity contribution in [3.63, 3.8) is 0 Å². The summed E-state index contributed by atoms with van der Waals surface area (Å²) in [4.78, 5) is 0. The molecule has 0 bridgehead atoms. The van der Waals surface area contributed by atoms with Crippen molar-refractivity contribution in [2.24, 2.45) is 0 Å². The zero-order valence-corrected chi connectivity index (χ0v) is 31.5. The van der Waals surface area contributed by atoms with Gasteiger partial charge in [0.2, 0.25) is 0 Å². The average Bonchev–Trinajstić information content (AvgIpc) is 3.94. The van der Waals surface area contributed by atoms with Gasteiger partial charge in [0.25, 0.3) is 0 Å². The summed E-state index contributed by atoms with van der Waals surface area (Å²) in [6.45, 7) is 4.84. The Morgan fingerprint density at radius 3 is 1.67 bits per heavy atom. The molecule has 8 aromatic carbocycles. The first-order valence-electron chi connectivity index (χ1n) is 18.7. The number of para-hydroxylation sites is 1. The van der Waals surface area contributed by atoms with Gasteiger partial charge < -0.3 is 4.57 Å². The number of nitrogens with zero attached hydrogens (tertiary/aromatic N) is 1. The second-order valence-corrected chi connectivity index (χ2v) is 17.5. The summed E-state index contributed by atoms with van der Waals surface area (Å²) in [7, 11) is 0. The summed E-state index contributed by atoms with van der Waals surface area (Å²) in [5, 5.41) is 8.00. The first kappa shape index (κ1) is 30.5.